The van der Waals surface area contributed by atoms with Crippen LogP contribution in [0.3, 0.4) is 0 Å². The van der Waals surface area contributed by atoms with Crippen molar-refractivity contribution in [2.24, 2.45) is 7.05 Å². The van der Waals surface area contributed by atoms with E-state index in [2.05, 4.69) is 16.5 Å². The van der Waals surface area contributed by atoms with Gasteiger partial charge in [0.15, 0.2) is 0 Å². The summed E-state index contributed by atoms with van der Waals surface area (Å²) in [6.07, 6.45) is 3.70. The topological polar surface area (TPSA) is 67.2 Å². The average molecular weight is 341 g/mol. The van der Waals surface area contributed by atoms with Crippen LogP contribution in [0, 0.1) is 13.8 Å². The van der Waals surface area contributed by atoms with E-state index in [4.69, 9.17) is 0 Å². The fourth-order valence-corrected chi connectivity index (χ4v) is 3.83. The predicted molar refractivity (Wildman–Crippen MR) is 97.3 cm³/mol. The Morgan fingerprint density at radius 1 is 1.36 bits per heavy atom. The molecule has 25 heavy (non-hydrogen) atoms. The molecule has 134 valence electrons. The largest absolute Gasteiger partial charge is 0.383 e. The number of carbonyl (C=O) groups excluding carboxylic acids is 1. The number of nitrogens with zero attached hydrogens (tertiary/aromatic N) is 2. The van der Waals surface area contributed by atoms with Crippen molar-refractivity contribution in [3.05, 3.63) is 52.3 Å². The highest BCUT2D eigenvalue weighted by atomic mass is 16.3. The molecule has 1 unspecified atom stereocenters. The van der Waals surface area contributed by atoms with Crippen LogP contribution in [0.25, 0.3) is 0 Å². The van der Waals surface area contributed by atoms with E-state index in [1.165, 1.54) is 5.56 Å². The van der Waals surface area contributed by atoms with Gasteiger partial charge >= 0.3 is 0 Å². The van der Waals surface area contributed by atoms with Crippen LogP contribution in [0.15, 0.2) is 24.3 Å². The molecule has 0 bridgehead atoms. The number of hydrogen-bond acceptors (Lipinski definition) is 3. The van der Waals surface area contributed by atoms with Gasteiger partial charge in [-0.25, -0.2) is 0 Å². The Bertz CT molecular complexity index is 781. The molecule has 5 nitrogen and oxygen atoms in total. The van der Waals surface area contributed by atoms with Gasteiger partial charge in [0.1, 0.15) is 5.60 Å². The number of fused-ring (bicyclic) bond motifs is 1. The van der Waals surface area contributed by atoms with Gasteiger partial charge in [-0.05, 0) is 56.2 Å². The van der Waals surface area contributed by atoms with Crippen molar-refractivity contribution in [1.29, 1.82) is 0 Å². The van der Waals surface area contributed by atoms with Gasteiger partial charge in [0.2, 0.25) is 5.91 Å². The van der Waals surface area contributed by atoms with E-state index in [9.17, 15) is 9.90 Å². The number of hydrogen-bond donors (Lipinski definition) is 2. The average Bonchev–Trinajstić information content (AvgIpc) is 2.84. The van der Waals surface area contributed by atoms with E-state index in [1.807, 2.05) is 43.8 Å². The monoisotopic (exact) mass is 341 g/mol. The van der Waals surface area contributed by atoms with Crippen LogP contribution in [-0.2, 0) is 30.3 Å². The Labute approximate surface area is 149 Å². The summed E-state index contributed by atoms with van der Waals surface area (Å²) < 4.78 is 1.85. The molecular weight excluding hydrogens is 314 g/mol. The SMILES string of the molecule is Cc1nn(C)c(C)c1CCC(=O)NCC1(O)CCCc2ccccc21. The van der Waals surface area contributed by atoms with Gasteiger partial charge in [0.05, 0.1) is 12.2 Å². The Kier molecular flexibility index (Phi) is 4.95. The molecule has 2 aromatic rings. The third kappa shape index (κ3) is 3.61. The normalized spacial score (nSPS) is 19.5. The van der Waals surface area contributed by atoms with Crippen molar-refractivity contribution >= 4 is 5.91 Å². The van der Waals surface area contributed by atoms with Crippen LogP contribution in [0.1, 0.15) is 47.3 Å². The number of benzene rings is 1. The summed E-state index contributed by atoms with van der Waals surface area (Å²) in [5, 5.41) is 18.3. The fourth-order valence-electron chi connectivity index (χ4n) is 3.83. The first-order chi connectivity index (χ1) is 11.9. The van der Waals surface area contributed by atoms with Crippen LogP contribution in [0.2, 0.25) is 0 Å². The molecule has 1 aliphatic rings. The minimum atomic E-state index is -0.954. The zero-order valence-electron chi connectivity index (χ0n) is 15.3. The summed E-state index contributed by atoms with van der Waals surface area (Å²) in [6, 6.07) is 7.99. The predicted octanol–water partition coefficient (Wildman–Crippen LogP) is 2.31. The number of aromatic nitrogens is 2. The number of aliphatic hydroxyl groups is 1. The van der Waals surface area contributed by atoms with Crippen molar-refractivity contribution in [2.45, 2.75) is 51.6 Å². The van der Waals surface area contributed by atoms with Gasteiger partial charge in [0, 0.05) is 19.2 Å². The van der Waals surface area contributed by atoms with Gasteiger partial charge in [0.25, 0.3) is 0 Å². The quantitative estimate of drug-likeness (QED) is 0.877. The van der Waals surface area contributed by atoms with E-state index in [1.54, 1.807) is 0 Å². The Hall–Kier alpha value is -2.14. The molecular formula is C20H27N3O2. The van der Waals surface area contributed by atoms with Gasteiger partial charge in [-0.1, -0.05) is 24.3 Å². The summed E-state index contributed by atoms with van der Waals surface area (Å²) in [5.41, 5.74) is 4.41. The standard InChI is InChI=1S/C20H27N3O2/c1-14-17(15(2)23(3)22-14)10-11-19(24)21-13-20(25)12-6-8-16-7-4-5-9-18(16)20/h4-5,7,9,25H,6,8,10-13H2,1-3H3,(H,21,24). The van der Waals surface area contributed by atoms with Crippen molar-refractivity contribution in [2.75, 3.05) is 6.54 Å². The summed E-state index contributed by atoms with van der Waals surface area (Å²) in [5.74, 6) is -0.0286. The maximum atomic E-state index is 12.3. The number of rotatable bonds is 5. The lowest BCUT2D eigenvalue weighted by molar-refractivity contribution is -0.122. The highest BCUT2D eigenvalue weighted by Gasteiger charge is 2.34. The minimum absolute atomic E-state index is 0.0286. The van der Waals surface area contributed by atoms with Gasteiger partial charge in [-0.2, -0.15) is 5.10 Å². The molecule has 5 heteroatoms. The molecule has 0 radical (unpaired) electrons. The summed E-state index contributed by atoms with van der Waals surface area (Å²) in [4.78, 5) is 12.3. The van der Waals surface area contributed by atoms with E-state index >= 15 is 0 Å². The third-order valence-corrected chi connectivity index (χ3v) is 5.39. The molecule has 0 spiro atoms. The molecule has 0 saturated carbocycles. The summed E-state index contributed by atoms with van der Waals surface area (Å²) in [7, 11) is 1.92. The maximum Gasteiger partial charge on any atom is 0.220 e. The van der Waals surface area contributed by atoms with Crippen LogP contribution in [0.4, 0.5) is 0 Å². The second-order valence-corrected chi connectivity index (χ2v) is 7.09. The van der Waals surface area contributed by atoms with Gasteiger partial charge in [-0.15, -0.1) is 0 Å². The van der Waals surface area contributed by atoms with Crippen LogP contribution >= 0.6 is 0 Å². The highest BCUT2D eigenvalue weighted by molar-refractivity contribution is 5.76. The first-order valence-electron chi connectivity index (χ1n) is 8.97. The van der Waals surface area contributed by atoms with Crippen molar-refractivity contribution in [1.82, 2.24) is 15.1 Å². The summed E-state index contributed by atoms with van der Waals surface area (Å²) in [6.45, 7) is 4.27. The Morgan fingerprint density at radius 2 is 2.12 bits per heavy atom. The zero-order valence-corrected chi connectivity index (χ0v) is 15.3. The molecule has 2 N–H and O–H groups in total. The Morgan fingerprint density at radius 3 is 2.84 bits per heavy atom. The number of nitrogens with one attached hydrogen (secondary N) is 1. The molecule has 1 aromatic carbocycles. The minimum Gasteiger partial charge on any atom is -0.383 e. The molecule has 1 atom stereocenters. The number of amides is 1. The van der Waals surface area contributed by atoms with Gasteiger partial charge in [-0.3, -0.25) is 9.48 Å². The second kappa shape index (κ2) is 7.00. The Balaban J connectivity index is 1.59. The van der Waals surface area contributed by atoms with E-state index in [-0.39, 0.29) is 12.5 Å². The molecule has 3 rings (SSSR count). The van der Waals surface area contributed by atoms with Crippen molar-refractivity contribution in [3.63, 3.8) is 0 Å². The summed E-state index contributed by atoms with van der Waals surface area (Å²) >= 11 is 0. The molecule has 1 aliphatic carbocycles. The zero-order chi connectivity index (χ0) is 18.0. The molecule has 1 heterocycles. The van der Waals surface area contributed by atoms with Gasteiger partial charge < -0.3 is 10.4 Å². The number of carbonyl (C=O) groups is 1. The van der Waals surface area contributed by atoms with Crippen molar-refractivity contribution < 1.29 is 9.90 Å². The molecule has 0 saturated heterocycles. The maximum absolute atomic E-state index is 12.3. The first-order valence-corrected chi connectivity index (χ1v) is 8.97. The highest BCUT2D eigenvalue weighted by Crippen LogP contribution is 2.34. The first kappa shape index (κ1) is 17.7. The lowest BCUT2D eigenvalue weighted by atomic mass is 9.79. The lowest BCUT2D eigenvalue weighted by Crippen LogP contribution is -2.43. The van der Waals surface area contributed by atoms with Crippen LogP contribution < -0.4 is 5.32 Å². The lowest BCUT2D eigenvalue weighted by Gasteiger charge is -2.34. The van der Waals surface area contributed by atoms with Crippen molar-refractivity contribution in [3.8, 4) is 0 Å². The van der Waals surface area contributed by atoms with Crippen LogP contribution in [-0.4, -0.2) is 27.3 Å². The third-order valence-electron chi connectivity index (χ3n) is 5.39. The van der Waals surface area contributed by atoms with E-state index in [0.717, 1.165) is 35.4 Å². The molecule has 1 aromatic heterocycles. The fraction of sp³-hybridized carbons (Fsp3) is 0.500. The molecule has 0 fully saturated rings. The molecule has 0 aliphatic heterocycles. The van der Waals surface area contributed by atoms with E-state index in [0.29, 0.717) is 19.3 Å². The van der Waals surface area contributed by atoms with E-state index < -0.39 is 5.60 Å². The number of aryl methyl sites for hydroxylation is 3. The molecule has 1 amide bonds. The second-order valence-electron chi connectivity index (χ2n) is 7.09. The smallest absolute Gasteiger partial charge is 0.220 e. The van der Waals surface area contributed by atoms with Crippen LogP contribution in [0.5, 0.6) is 0 Å².